The van der Waals surface area contributed by atoms with E-state index in [9.17, 15) is 18.0 Å². The predicted octanol–water partition coefficient (Wildman–Crippen LogP) is 0.828. The molecular weight excluding hydrogens is 258 g/mol. The van der Waals surface area contributed by atoms with Crippen molar-refractivity contribution in [3.8, 4) is 0 Å². The second-order valence-electron chi connectivity index (χ2n) is 5.18. The lowest BCUT2D eigenvalue weighted by atomic mass is 9.84. The van der Waals surface area contributed by atoms with Gasteiger partial charge in [-0.25, -0.2) is 0 Å². The Kier molecular flexibility index (Phi) is 4.17. The van der Waals surface area contributed by atoms with Gasteiger partial charge in [0, 0.05) is 12.0 Å². The van der Waals surface area contributed by atoms with Crippen molar-refractivity contribution in [2.24, 2.45) is 5.41 Å². The summed E-state index contributed by atoms with van der Waals surface area (Å²) in [5, 5.41) is -1.28. The molecule has 0 spiro atoms. The summed E-state index contributed by atoms with van der Waals surface area (Å²) in [6, 6.07) is 0. The molecule has 0 aromatic carbocycles. The molecule has 0 radical (unpaired) electrons. The second-order valence-corrected chi connectivity index (χ2v) is 6.75. The van der Waals surface area contributed by atoms with Crippen LogP contribution >= 0.6 is 0 Å². The Morgan fingerprint density at radius 3 is 2.39 bits per heavy atom. The van der Waals surface area contributed by atoms with E-state index in [1.165, 1.54) is 0 Å². The minimum absolute atomic E-state index is 0.171. The molecule has 1 aliphatic heterocycles. The molecule has 7 heteroatoms. The topological polar surface area (TPSA) is 91.8 Å². The quantitative estimate of drug-likeness (QED) is 0.607. The molecule has 18 heavy (non-hydrogen) atoms. The molecule has 6 nitrogen and oxygen atoms in total. The van der Waals surface area contributed by atoms with E-state index in [1.807, 2.05) is 0 Å². The number of hydrogen-bond donors (Lipinski definition) is 1. The number of likely N-dealkylation sites (tertiary alicyclic amines) is 1. The van der Waals surface area contributed by atoms with Gasteiger partial charge in [-0.3, -0.25) is 14.1 Å². The van der Waals surface area contributed by atoms with E-state index in [0.717, 1.165) is 4.90 Å². The Morgan fingerprint density at radius 2 is 1.94 bits per heavy atom. The molecule has 1 N–H and O–H groups in total. The Balaban J connectivity index is 2.95. The second kappa shape index (κ2) is 4.97. The third kappa shape index (κ3) is 2.89. The zero-order valence-electron chi connectivity index (χ0n) is 10.8. The third-order valence-electron chi connectivity index (χ3n) is 3.50. The van der Waals surface area contributed by atoms with E-state index in [2.05, 4.69) is 0 Å². The SMILES string of the molecule is CCC(C)(C)C(=O)C(=O)N1CCC[C@@H]1S(=O)(=O)O. The average molecular weight is 277 g/mol. The van der Waals surface area contributed by atoms with Crippen molar-refractivity contribution in [1.82, 2.24) is 4.90 Å². The van der Waals surface area contributed by atoms with Crippen LogP contribution in [0.3, 0.4) is 0 Å². The first kappa shape index (κ1) is 15.1. The van der Waals surface area contributed by atoms with Gasteiger partial charge in [0.2, 0.25) is 5.78 Å². The van der Waals surface area contributed by atoms with Gasteiger partial charge in [0.05, 0.1) is 0 Å². The smallest absolute Gasteiger partial charge is 0.291 e. The number of nitrogens with zero attached hydrogens (tertiary/aromatic N) is 1. The highest BCUT2D eigenvalue weighted by Crippen LogP contribution is 2.26. The molecule has 0 saturated carbocycles. The Morgan fingerprint density at radius 1 is 1.39 bits per heavy atom. The summed E-state index contributed by atoms with van der Waals surface area (Å²) in [6.07, 6.45) is 1.13. The Hall–Kier alpha value is -0.950. The van der Waals surface area contributed by atoms with E-state index in [-0.39, 0.29) is 13.0 Å². The molecule has 1 fully saturated rings. The van der Waals surface area contributed by atoms with Crippen LogP contribution in [-0.4, -0.2) is 41.5 Å². The summed E-state index contributed by atoms with van der Waals surface area (Å²) >= 11 is 0. The first-order valence-corrected chi connectivity index (χ1v) is 7.43. The van der Waals surface area contributed by atoms with Gasteiger partial charge in [-0.05, 0) is 19.3 Å². The lowest BCUT2D eigenvalue weighted by Gasteiger charge is -2.26. The molecule has 0 aromatic heterocycles. The van der Waals surface area contributed by atoms with Crippen molar-refractivity contribution in [2.45, 2.75) is 45.4 Å². The van der Waals surface area contributed by atoms with Crippen LogP contribution in [0.1, 0.15) is 40.0 Å². The summed E-state index contributed by atoms with van der Waals surface area (Å²) in [6.45, 7) is 5.27. The van der Waals surface area contributed by atoms with Crippen LogP contribution in [0.4, 0.5) is 0 Å². The van der Waals surface area contributed by atoms with E-state index in [1.54, 1.807) is 20.8 Å². The molecule has 104 valence electrons. The van der Waals surface area contributed by atoms with Gasteiger partial charge in [0.15, 0.2) is 5.37 Å². The van der Waals surface area contributed by atoms with Crippen molar-refractivity contribution in [1.29, 1.82) is 0 Å². The maximum Gasteiger partial charge on any atom is 0.291 e. The van der Waals surface area contributed by atoms with Crippen molar-refractivity contribution < 1.29 is 22.6 Å². The van der Waals surface area contributed by atoms with Gasteiger partial charge in [0.25, 0.3) is 16.0 Å². The van der Waals surface area contributed by atoms with Crippen LogP contribution in [-0.2, 0) is 19.7 Å². The molecule has 0 unspecified atom stereocenters. The van der Waals surface area contributed by atoms with Gasteiger partial charge in [-0.1, -0.05) is 20.8 Å². The summed E-state index contributed by atoms with van der Waals surface area (Å²) in [5.41, 5.74) is -0.816. The first-order valence-electron chi connectivity index (χ1n) is 5.93. The van der Waals surface area contributed by atoms with E-state index in [0.29, 0.717) is 12.8 Å². The molecule has 1 rings (SSSR count). The number of rotatable bonds is 4. The molecular formula is C11H19NO5S. The van der Waals surface area contributed by atoms with Gasteiger partial charge in [0.1, 0.15) is 0 Å². The van der Waals surface area contributed by atoms with E-state index >= 15 is 0 Å². The van der Waals surface area contributed by atoms with Crippen molar-refractivity contribution >= 4 is 21.8 Å². The van der Waals surface area contributed by atoms with Crippen molar-refractivity contribution in [3.63, 3.8) is 0 Å². The number of ketones is 1. The molecule has 1 aliphatic rings. The highest BCUT2D eigenvalue weighted by Gasteiger charge is 2.42. The van der Waals surface area contributed by atoms with E-state index in [4.69, 9.17) is 4.55 Å². The Bertz CT molecular complexity index is 454. The molecule has 0 bridgehead atoms. The lowest BCUT2D eigenvalue weighted by molar-refractivity contribution is -0.149. The number of carbonyl (C=O) groups is 2. The van der Waals surface area contributed by atoms with Crippen LogP contribution < -0.4 is 0 Å². The number of carbonyl (C=O) groups excluding carboxylic acids is 2. The van der Waals surface area contributed by atoms with E-state index < -0.39 is 32.6 Å². The minimum atomic E-state index is -4.33. The van der Waals surface area contributed by atoms with Gasteiger partial charge >= 0.3 is 0 Å². The van der Waals surface area contributed by atoms with Crippen LogP contribution in [0.15, 0.2) is 0 Å². The third-order valence-corrected chi connectivity index (χ3v) is 4.67. The largest absolute Gasteiger partial charge is 0.317 e. The number of hydrogen-bond acceptors (Lipinski definition) is 4. The summed E-state index contributed by atoms with van der Waals surface area (Å²) < 4.78 is 31.3. The minimum Gasteiger partial charge on any atom is -0.317 e. The summed E-state index contributed by atoms with van der Waals surface area (Å²) in [7, 11) is -4.33. The highest BCUT2D eigenvalue weighted by molar-refractivity contribution is 7.86. The maximum absolute atomic E-state index is 12.0. The lowest BCUT2D eigenvalue weighted by Crippen LogP contribution is -2.47. The Labute approximate surface area is 107 Å². The van der Waals surface area contributed by atoms with Crippen LogP contribution in [0.5, 0.6) is 0 Å². The molecule has 1 heterocycles. The summed E-state index contributed by atoms with van der Waals surface area (Å²) in [4.78, 5) is 25.0. The fourth-order valence-electron chi connectivity index (χ4n) is 1.86. The zero-order valence-corrected chi connectivity index (χ0v) is 11.7. The molecule has 0 aromatic rings. The normalized spacial score (nSPS) is 21.1. The summed E-state index contributed by atoms with van der Waals surface area (Å²) in [5.74, 6) is -1.43. The molecule has 1 atom stereocenters. The number of amides is 1. The zero-order chi connectivity index (χ0) is 14.1. The average Bonchev–Trinajstić information content (AvgIpc) is 2.75. The molecule has 1 saturated heterocycles. The monoisotopic (exact) mass is 277 g/mol. The molecule has 0 aliphatic carbocycles. The van der Waals surface area contributed by atoms with Gasteiger partial charge in [-0.2, -0.15) is 8.42 Å². The van der Waals surface area contributed by atoms with Gasteiger partial charge in [-0.15, -0.1) is 0 Å². The number of Topliss-reactive ketones (excluding diaryl/α,β-unsaturated/α-hetero) is 1. The predicted molar refractivity (Wildman–Crippen MR) is 65.4 cm³/mol. The van der Waals surface area contributed by atoms with Crippen molar-refractivity contribution in [3.05, 3.63) is 0 Å². The fraction of sp³-hybridized carbons (Fsp3) is 0.818. The van der Waals surface area contributed by atoms with Crippen LogP contribution in [0, 0.1) is 5.41 Å². The fourth-order valence-corrected chi connectivity index (χ4v) is 2.85. The van der Waals surface area contributed by atoms with Crippen LogP contribution in [0.2, 0.25) is 0 Å². The highest BCUT2D eigenvalue weighted by atomic mass is 32.2. The van der Waals surface area contributed by atoms with Crippen molar-refractivity contribution in [2.75, 3.05) is 6.54 Å². The van der Waals surface area contributed by atoms with Gasteiger partial charge < -0.3 is 4.90 Å². The standard InChI is InChI=1S/C11H19NO5S/c1-4-11(2,3)9(13)10(14)12-7-5-6-8(12)18(15,16)17/h8H,4-7H2,1-3H3,(H,15,16,17)/t8-/m0/s1. The van der Waals surface area contributed by atoms with Crippen LogP contribution in [0.25, 0.3) is 0 Å². The molecule has 1 amide bonds. The first-order chi connectivity index (χ1) is 8.11. The maximum atomic E-state index is 12.0.